The van der Waals surface area contributed by atoms with Crippen molar-refractivity contribution >= 4 is 27.7 Å². The first-order chi connectivity index (χ1) is 13.8. The van der Waals surface area contributed by atoms with Gasteiger partial charge in [-0.1, -0.05) is 29.8 Å². The van der Waals surface area contributed by atoms with Crippen molar-refractivity contribution < 1.29 is 17.6 Å². The van der Waals surface area contributed by atoms with E-state index in [1.165, 1.54) is 24.5 Å². The molecule has 3 aromatic rings. The molecule has 0 unspecified atom stereocenters. The van der Waals surface area contributed by atoms with Crippen molar-refractivity contribution in [3.8, 4) is 0 Å². The Bertz CT molecular complexity index is 1120. The number of rotatable bonds is 7. The Balaban J connectivity index is 1.61. The van der Waals surface area contributed by atoms with Crippen LogP contribution < -0.4 is 10.0 Å². The smallest absolute Gasteiger partial charge is 0.248 e. The van der Waals surface area contributed by atoms with Gasteiger partial charge >= 0.3 is 0 Å². The highest BCUT2D eigenvalue weighted by atomic mass is 32.2. The second kappa shape index (κ2) is 8.89. The van der Waals surface area contributed by atoms with Gasteiger partial charge in [-0.2, -0.15) is 0 Å². The van der Waals surface area contributed by atoms with Crippen molar-refractivity contribution in [1.82, 2.24) is 4.72 Å². The topological polar surface area (TPSA) is 88.4 Å². The van der Waals surface area contributed by atoms with Crippen LogP contribution in [0.4, 0.5) is 5.69 Å². The maximum atomic E-state index is 12.3. The van der Waals surface area contributed by atoms with Gasteiger partial charge in [0.1, 0.15) is 5.76 Å². The standard InChI is InChI=1S/C22H22N2O4S/c1-16-5-11-21(17(2)14-16)24-22(25)12-8-18-6-9-20(10-7-18)29(26,27)23-15-19-4-3-13-28-19/h3-14,23H,15H2,1-2H3,(H,24,25)/b12-8+. The van der Waals surface area contributed by atoms with Gasteiger partial charge in [-0.3, -0.25) is 4.79 Å². The van der Waals surface area contributed by atoms with E-state index in [1.807, 2.05) is 32.0 Å². The summed E-state index contributed by atoms with van der Waals surface area (Å²) in [6.07, 6.45) is 4.53. The minimum atomic E-state index is -3.65. The van der Waals surface area contributed by atoms with E-state index in [2.05, 4.69) is 10.0 Å². The van der Waals surface area contributed by atoms with Crippen molar-refractivity contribution in [3.63, 3.8) is 0 Å². The van der Waals surface area contributed by atoms with E-state index >= 15 is 0 Å². The predicted molar refractivity (Wildman–Crippen MR) is 113 cm³/mol. The largest absolute Gasteiger partial charge is 0.468 e. The van der Waals surface area contributed by atoms with Crippen LogP contribution in [0.1, 0.15) is 22.5 Å². The van der Waals surface area contributed by atoms with Crippen molar-refractivity contribution in [2.75, 3.05) is 5.32 Å². The zero-order chi connectivity index (χ0) is 20.9. The summed E-state index contributed by atoms with van der Waals surface area (Å²) in [5.74, 6) is 0.275. The number of hydrogen-bond acceptors (Lipinski definition) is 4. The Morgan fingerprint density at radius 1 is 1.07 bits per heavy atom. The third-order valence-corrected chi connectivity index (χ3v) is 5.69. The Kier molecular flexibility index (Phi) is 6.31. The minimum Gasteiger partial charge on any atom is -0.468 e. The van der Waals surface area contributed by atoms with E-state index in [-0.39, 0.29) is 17.3 Å². The fourth-order valence-electron chi connectivity index (χ4n) is 2.72. The lowest BCUT2D eigenvalue weighted by Gasteiger charge is -2.07. The average Bonchev–Trinajstić information content (AvgIpc) is 3.21. The predicted octanol–water partition coefficient (Wildman–Crippen LogP) is 4.03. The quantitative estimate of drug-likeness (QED) is 0.576. The molecule has 0 aliphatic rings. The summed E-state index contributed by atoms with van der Waals surface area (Å²) >= 11 is 0. The van der Waals surface area contributed by atoms with Gasteiger partial charge in [0.25, 0.3) is 0 Å². The lowest BCUT2D eigenvalue weighted by atomic mass is 10.1. The third-order valence-electron chi connectivity index (χ3n) is 4.27. The molecule has 0 atom stereocenters. The average molecular weight is 410 g/mol. The highest BCUT2D eigenvalue weighted by molar-refractivity contribution is 7.89. The van der Waals surface area contributed by atoms with Gasteiger partial charge < -0.3 is 9.73 Å². The third kappa shape index (κ3) is 5.66. The van der Waals surface area contributed by atoms with E-state index in [0.29, 0.717) is 11.3 Å². The summed E-state index contributed by atoms with van der Waals surface area (Å²) in [5, 5.41) is 2.83. The molecule has 0 fully saturated rings. The number of hydrogen-bond donors (Lipinski definition) is 2. The first-order valence-electron chi connectivity index (χ1n) is 9.02. The van der Waals surface area contributed by atoms with Crippen molar-refractivity contribution in [3.05, 3.63) is 89.4 Å². The maximum absolute atomic E-state index is 12.3. The molecule has 0 radical (unpaired) electrons. The number of benzene rings is 2. The van der Waals surface area contributed by atoms with Gasteiger partial charge in [0.15, 0.2) is 0 Å². The number of carbonyl (C=O) groups is 1. The fourth-order valence-corrected chi connectivity index (χ4v) is 3.71. The molecule has 1 heterocycles. The number of aryl methyl sites for hydroxylation is 2. The molecular formula is C22H22N2O4S. The maximum Gasteiger partial charge on any atom is 0.248 e. The molecule has 1 amide bonds. The van der Waals surface area contributed by atoms with Gasteiger partial charge in [0.05, 0.1) is 17.7 Å². The molecule has 7 heteroatoms. The number of nitrogens with one attached hydrogen (secondary N) is 2. The molecule has 1 aromatic heterocycles. The summed E-state index contributed by atoms with van der Waals surface area (Å²) in [5.41, 5.74) is 3.59. The van der Waals surface area contributed by atoms with Crippen LogP contribution >= 0.6 is 0 Å². The normalized spacial score (nSPS) is 11.7. The molecule has 0 aliphatic heterocycles. The molecule has 2 aromatic carbocycles. The molecule has 6 nitrogen and oxygen atoms in total. The number of anilines is 1. The Morgan fingerprint density at radius 3 is 2.48 bits per heavy atom. The minimum absolute atomic E-state index is 0.0790. The van der Waals surface area contributed by atoms with Crippen LogP contribution in [0.15, 0.2) is 76.2 Å². The summed E-state index contributed by atoms with van der Waals surface area (Å²) in [7, 11) is -3.65. The lowest BCUT2D eigenvalue weighted by molar-refractivity contribution is -0.111. The van der Waals surface area contributed by atoms with Gasteiger partial charge in [0, 0.05) is 11.8 Å². The molecule has 0 bridgehead atoms. The molecule has 0 saturated heterocycles. The van der Waals surface area contributed by atoms with Gasteiger partial charge in [0.2, 0.25) is 15.9 Å². The Morgan fingerprint density at radius 2 is 1.83 bits per heavy atom. The molecule has 2 N–H and O–H groups in total. The van der Waals surface area contributed by atoms with E-state index in [9.17, 15) is 13.2 Å². The second-order valence-corrected chi connectivity index (χ2v) is 8.38. The zero-order valence-corrected chi connectivity index (χ0v) is 17.0. The fraction of sp³-hybridized carbons (Fsp3) is 0.136. The van der Waals surface area contributed by atoms with Gasteiger partial charge in [-0.25, -0.2) is 13.1 Å². The van der Waals surface area contributed by atoms with Crippen LogP contribution in [-0.4, -0.2) is 14.3 Å². The first-order valence-corrected chi connectivity index (χ1v) is 10.5. The summed E-state index contributed by atoms with van der Waals surface area (Å²) in [6, 6.07) is 15.5. The number of carbonyl (C=O) groups excluding carboxylic acids is 1. The molecule has 3 rings (SSSR count). The van der Waals surface area contributed by atoms with Gasteiger partial charge in [-0.05, 0) is 61.4 Å². The van der Waals surface area contributed by atoms with E-state index in [1.54, 1.807) is 30.3 Å². The van der Waals surface area contributed by atoms with Crippen LogP contribution in [0.5, 0.6) is 0 Å². The monoisotopic (exact) mass is 410 g/mol. The first kappa shape index (κ1) is 20.6. The van der Waals surface area contributed by atoms with Crippen molar-refractivity contribution in [1.29, 1.82) is 0 Å². The highest BCUT2D eigenvalue weighted by Gasteiger charge is 2.14. The molecule has 0 spiro atoms. The second-order valence-electron chi connectivity index (χ2n) is 6.61. The Labute approximate surface area is 170 Å². The Hall–Kier alpha value is -3.16. The lowest BCUT2D eigenvalue weighted by Crippen LogP contribution is -2.22. The SMILES string of the molecule is Cc1ccc(NC(=O)/C=C/c2ccc(S(=O)(=O)NCc3ccco3)cc2)c(C)c1. The van der Waals surface area contributed by atoms with Crippen LogP contribution in [0, 0.1) is 13.8 Å². The number of furan rings is 1. The summed E-state index contributed by atoms with van der Waals surface area (Å²) in [4.78, 5) is 12.3. The van der Waals surface area contributed by atoms with Crippen LogP contribution in [0.2, 0.25) is 0 Å². The zero-order valence-electron chi connectivity index (χ0n) is 16.2. The van der Waals surface area contributed by atoms with E-state index in [4.69, 9.17) is 4.42 Å². The molecule has 29 heavy (non-hydrogen) atoms. The van der Waals surface area contributed by atoms with Crippen LogP contribution in [0.3, 0.4) is 0 Å². The molecular weight excluding hydrogens is 388 g/mol. The van der Waals surface area contributed by atoms with Crippen LogP contribution in [-0.2, 0) is 21.4 Å². The van der Waals surface area contributed by atoms with Crippen molar-refractivity contribution in [2.24, 2.45) is 0 Å². The number of amides is 1. The molecule has 0 saturated carbocycles. The summed E-state index contributed by atoms with van der Waals surface area (Å²) in [6.45, 7) is 4.01. The molecule has 0 aliphatic carbocycles. The summed E-state index contributed by atoms with van der Waals surface area (Å²) < 4.78 is 32.3. The van der Waals surface area contributed by atoms with E-state index < -0.39 is 10.0 Å². The molecule has 150 valence electrons. The van der Waals surface area contributed by atoms with Crippen LogP contribution in [0.25, 0.3) is 6.08 Å². The number of sulfonamides is 1. The highest BCUT2D eigenvalue weighted by Crippen LogP contribution is 2.16. The van der Waals surface area contributed by atoms with Gasteiger partial charge in [-0.15, -0.1) is 0 Å². The van der Waals surface area contributed by atoms with E-state index in [0.717, 1.165) is 16.8 Å². The van der Waals surface area contributed by atoms with Crippen molar-refractivity contribution in [2.45, 2.75) is 25.3 Å².